The lowest BCUT2D eigenvalue weighted by atomic mass is 10.1. The molecule has 2 rings (SSSR count). The van der Waals surface area contributed by atoms with Gasteiger partial charge in [0, 0.05) is 26.2 Å². The molecule has 1 aromatic heterocycles. The number of nitrogens with zero attached hydrogens (tertiary/aromatic N) is 5. The van der Waals surface area contributed by atoms with Gasteiger partial charge in [0.2, 0.25) is 17.2 Å². The van der Waals surface area contributed by atoms with E-state index in [0.29, 0.717) is 5.95 Å². The number of hydrogen-bond donors (Lipinski definition) is 0. The quantitative estimate of drug-likeness (QED) is 0.840. The molecule has 0 aliphatic carbocycles. The minimum atomic E-state index is 0.285. The van der Waals surface area contributed by atoms with Gasteiger partial charge in [0.15, 0.2) is 0 Å². The molecule has 0 aromatic carbocycles. The summed E-state index contributed by atoms with van der Waals surface area (Å²) in [6, 6.07) is 0. The maximum atomic E-state index is 6.01. The molecule has 1 aliphatic heterocycles. The summed E-state index contributed by atoms with van der Waals surface area (Å²) in [7, 11) is 0. The predicted octanol–water partition coefficient (Wildman–Crippen LogP) is 2.36. The first-order chi connectivity index (χ1) is 8.74. The van der Waals surface area contributed by atoms with E-state index in [4.69, 9.17) is 11.6 Å². The van der Waals surface area contributed by atoms with E-state index in [2.05, 4.69) is 38.6 Å². The third-order valence-corrected chi connectivity index (χ3v) is 3.44. The molecule has 2 heterocycles. The van der Waals surface area contributed by atoms with E-state index < -0.39 is 0 Å². The summed E-state index contributed by atoms with van der Waals surface area (Å²) < 4.78 is 0. The molecule has 18 heavy (non-hydrogen) atoms. The molecule has 0 saturated carbocycles. The average Bonchev–Trinajstić information content (AvgIpc) is 2.40. The zero-order valence-electron chi connectivity index (χ0n) is 11.1. The molecule has 0 N–H and O–H groups in total. The van der Waals surface area contributed by atoms with Crippen molar-refractivity contribution < 1.29 is 0 Å². The van der Waals surface area contributed by atoms with Crippen molar-refractivity contribution in [3.8, 4) is 0 Å². The summed E-state index contributed by atoms with van der Waals surface area (Å²) in [6.45, 7) is 7.94. The van der Waals surface area contributed by atoms with E-state index in [-0.39, 0.29) is 5.28 Å². The van der Waals surface area contributed by atoms with Crippen LogP contribution in [0.1, 0.15) is 33.1 Å². The van der Waals surface area contributed by atoms with Crippen LogP contribution in [-0.4, -0.2) is 41.1 Å². The van der Waals surface area contributed by atoms with Crippen molar-refractivity contribution in [1.29, 1.82) is 0 Å². The van der Waals surface area contributed by atoms with Crippen molar-refractivity contribution in [2.45, 2.75) is 33.1 Å². The number of hydrogen-bond acceptors (Lipinski definition) is 5. The maximum absolute atomic E-state index is 6.01. The topological polar surface area (TPSA) is 45.2 Å². The largest absolute Gasteiger partial charge is 0.341 e. The lowest BCUT2D eigenvalue weighted by Gasteiger charge is -2.27. The van der Waals surface area contributed by atoms with Gasteiger partial charge in [-0.05, 0) is 44.7 Å². The van der Waals surface area contributed by atoms with E-state index >= 15 is 0 Å². The molecule has 1 aromatic rings. The number of halogens is 1. The third-order valence-electron chi connectivity index (χ3n) is 3.27. The SMILES string of the molecule is CCN(CC)c1nc(Cl)nc(N2CCCCC2)n1. The smallest absolute Gasteiger partial charge is 0.231 e. The van der Waals surface area contributed by atoms with Gasteiger partial charge in [-0.25, -0.2) is 0 Å². The lowest BCUT2D eigenvalue weighted by molar-refractivity contribution is 0.567. The summed E-state index contributed by atoms with van der Waals surface area (Å²) in [5, 5.41) is 0.285. The molecule has 0 bridgehead atoms. The van der Waals surface area contributed by atoms with E-state index in [1.165, 1.54) is 19.3 Å². The van der Waals surface area contributed by atoms with Gasteiger partial charge >= 0.3 is 0 Å². The van der Waals surface area contributed by atoms with Crippen molar-refractivity contribution in [3.63, 3.8) is 0 Å². The van der Waals surface area contributed by atoms with Crippen molar-refractivity contribution >= 4 is 23.5 Å². The summed E-state index contributed by atoms with van der Waals surface area (Å²) in [5.74, 6) is 1.40. The summed E-state index contributed by atoms with van der Waals surface area (Å²) in [6.07, 6.45) is 3.69. The molecular weight excluding hydrogens is 250 g/mol. The molecule has 0 unspecified atom stereocenters. The van der Waals surface area contributed by atoms with Gasteiger partial charge < -0.3 is 9.80 Å². The average molecular weight is 270 g/mol. The number of anilines is 2. The Bertz CT molecular complexity index is 388. The Morgan fingerprint density at radius 3 is 2.33 bits per heavy atom. The molecule has 0 spiro atoms. The second kappa shape index (κ2) is 6.18. The van der Waals surface area contributed by atoms with Crippen LogP contribution in [0.4, 0.5) is 11.9 Å². The maximum Gasteiger partial charge on any atom is 0.231 e. The Balaban J connectivity index is 2.24. The van der Waals surface area contributed by atoms with Crippen LogP contribution >= 0.6 is 11.6 Å². The Morgan fingerprint density at radius 1 is 1.06 bits per heavy atom. The normalized spacial score (nSPS) is 15.8. The molecule has 0 radical (unpaired) electrons. The van der Waals surface area contributed by atoms with E-state index in [0.717, 1.165) is 32.1 Å². The third kappa shape index (κ3) is 3.02. The molecule has 1 saturated heterocycles. The monoisotopic (exact) mass is 269 g/mol. The van der Waals surface area contributed by atoms with Crippen molar-refractivity contribution in [2.75, 3.05) is 36.0 Å². The fourth-order valence-corrected chi connectivity index (χ4v) is 2.36. The summed E-state index contributed by atoms with van der Waals surface area (Å²) in [4.78, 5) is 17.3. The van der Waals surface area contributed by atoms with Crippen LogP contribution in [-0.2, 0) is 0 Å². The zero-order chi connectivity index (χ0) is 13.0. The van der Waals surface area contributed by atoms with Crippen LogP contribution in [0.2, 0.25) is 5.28 Å². The fraction of sp³-hybridized carbons (Fsp3) is 0.750. The molecule has 0 amide bonds. The Kier molecular flexibility index (Phi) is 4.58. The van der Waals surface area contributed by atoms with E-state index in [9.17, 15) is 0 Å². The molecule has 100 valence electrons. The highest BCUT2D eigenvalue weighted by atomic mass is 35.5. The first kappa shape index (κ1) is 13.3. The molecule has 1 fully saturated rings. The van der Waals surface area contributed by atoms with Gasteiger partial charge in [-0.1, -0.05) is 0 Å². The van der Waals surface area contributed by atoms with Crippen LogP contribution in [0.25, 0.3) is 0 Å². The van der Waals surface area contributed by atoms with Crippen LogP contribution < -0.4 is 9.80 Å². The predicted molar refractivity (Wildman–Crippen MR) is 74.5 cm³/mol. The van der Waals surface area contributed by atoms with Gasteiger partial charge in [-0.2, -0.15) is 15.0 Å². The van der Waals surface area contributed by atoms with E-state index in [1.807, 2.05) is 0 Å². The van der Waals surface area contributed by atoms with Crippen LogP contribution in [0, 0.1) is 0 Å². The highest BCUT2D eigenvalue weighted by Crippen LogP contribution is 2.19. The van der Waals surface area contributed by atoms with Gasteiger partial charge in [0.1, 0.15) is 0 Å². The number of aromatic nitrogens is 3. The second-order valence-corrected chi connectivity index (χ2v) is 4.76. The first-order valence-electron chi connectivity index (χ1n) is 6.66. The lowest BCUT2D eigenvalue weighted by Crippen LogP contribution is -2.32. The zero-order valence-corrected chi connectivity index (χ0v) is 11.8. The molecular formula is C12H20ClN5. The standard InChI is InChI=1S/C12H20ClN5/c1-3-17(4-2)11-14-10(13)15-12(16-11)18-8-6-5-7-9-18/h3-9H2,1-2H3. The highest BCUT2D eigenvalue weighted by Gasteiger charge is 2.17. The van der Waals surface area contributed by atoms with Crippen LogP contribution in [0.15, 0.2) is 0 Å². The minimum absolute atomic E-state index is 0.285. The summed E-state index contributed by atoms with van der Waals surface area (Å²) >= 11 is 6.01. The van der Waals surface area contributed by atoms with E-state index in [1.54, 1.807) is 0 Å². The highest BCUT2D eigenvalue weighted by molar-refractivity contribution is 6.28. The van der Waals surface area contributed by atoms with Crippen molar-refractivity contribution in [2.24, 2.45) is 0 Å². The molecule has 0 atom stereocenters. The molecule has 6 heteroatoms. The molecule has 1 aliphatic rings. The number of rotatable bonds is 4. The Morgan fingerprint density at radius 2 is 1.72 bits per heavy atom. The number of piperidine rings is 1. The van der Waals surface area contributed by atoms with Crippen molar-refractivity contribution in [3.05, 3.63) is 5.28 Å². The summed E-state index contributed by atoms with van der Waals surface area (Å²) in [5.41, 5.74) is 0. The fourth-order valence-electron chi connectivity index (χ4n) is 2.21. The first-order valence-corrected chi connectivity index (χ1v) is 7.03. The Hall–Kier alpha value is -1.10. The van der Waals surface area contributed by atoms with Gasteiger partial charge in [0.05, 0.1) is 0 Å². The minimum Gasteiger partial charge on any atom is -0.341 e. The van der Waals surface area contributed by atoms with Crippen molar-refractivity contribution in [1.82, 2.24) is 15.0 Å². The van der Waals surface area contributed by atoms with Gasteiger partial charge in [-0.15, -0.1) is 0 Å². The van der Waals surface area contributed by atoms with Gasteiger partial charge in [0.25, 0.3) is 0 Å². The second-order valence-electron chi connectivity index (χ2n) is 4.42. The Labute approximate surface area is 113 Å². The van der Waals surface area contributed by atoms with Gasteiger partial charge in [-0.3, -0.25) is 0 Å². The molecule has 5 nitrogen and oxygen atoms in total. The van der Waals surface area contributed by atoms with Crippen LogP contribution in [0.3, 0.4) is 0 Å². The van der Waals surface area contributed by atoms with Crippen LogP contribution in [0.5, 0.6) is 0 Å².